The molecule has 2 N–H and O–H groups in total. The molecule has 0 saturated heterocycles. The first-order valence-corrected chi connectivity index (χ1v) is 7.02. The second kappa shape index (κ2) is 6.07. The number of rotatable bonds is 4. The summed E-state index contributed by atoms with van der Waals surface area (Å²) in [5.74, 6) is -0.567. The standard InChI is InChI=1S/C14H11BrO2S/c15-11-6-7-13(10(8-11)9-14(16)17)18-12-4-2-1-3-5-12/h1-8H,9H2,(H,16,17)/p+1. The minimum atomic E-state index is -0.567. The first kappa shape index (κ1) is 13.2. The molecule has 0 amide bonds. The second-order valence-corrected chi connectivity index (χ2v) is 5.80. The van der Waals surface area contributed by atoms with E-state index in [1.54, 1.807) is 11.8 Å². The summed E-state index contributed by atoms with van der Waals surface area (Å²) in [6.45, 7) is 0. The van der Waals surface area contributed by atoms with Gasteiger partial charge in [-0.3, -0.25) is 0 Å². The summed E-state index contributed by atoms with van der Waals surface area (Å²) in [6, 6.07) is 15.8. The summed E-state index contributed by atoms with van der Waals surface area (Å²) in [5, 5.41) is 7.10. The van der Waals surface area contributed by atoms with Gasteiger partial charge in [-0.2, -0.15) is 0 Å². The third-order valence-corrected chi connectivity index (χ3v) is 3.96. The molecule has 0 aliphatic rings. The highest BCUT2D eigenvalue weighted by atomic mass is 79.9. The summed E-state index contributed by atoms with van der Waals surface area (Å²) in [5.41, 5.74) is 0.887. The maximum atomic E-state index is 11.0. The Bertz CT molecular complexity index is 555. The van der Waals surface area contributed by atoms with Gasteiger partial charge in [0.25, 0.3) is 0 Å². The SMILES string of the molecule is O=C([OH2+])Cc1cc(Br)ccc1Sc1ccccc1. The summed E-state index contributed by atoms with van der Waals surface area (Å²) in [7, 11) is 0. The van der Waals surface area contributed by atoms with Crippen molar-refractivity contribution in [2.75, 3.05) is 0 Å². The molecule has 0 atom stereocenters. The lowest BCUT2D eigenvalue weighted by Gasteiger charge is -2.07. The van der Waals surface area contributed by atoms with Crippen LogP contribution in [0.25, 0.3) is 0 Å². The van der Waals surface area contributed by atoms with Crippen LogP contribution in [0, 0.1) is 0 Å². The van der Waals surface area contributed by atoms with Gasteiger partial charge in [0.15, 0.2) is 0 Å². The Morgan fingerprint density at radius 1 is 1.17 bits per heavy atom. The maximum Gasteiger partial charge on any atom is 0.520 e. The number of benzene rings is 2. The van der Waals surface area contributed by atoms with Crippen LogP contribution in [-0.2, 0) is 11.2 Å². The monoisotopic (exact) mass is 323 g/mol. The summed E-state index contributed by atoms with van der Waals surface area (Å²) < 4.78 is 0.927. The highest BCUT2D eigenvalue weighted by Crippen LogP contribution is 2.32. The van der Waals surface area contributed by atoms with Crippen molar-refractivity contribution in [1.82, 2.24) is 0 Å². The highest BCUT2D eigenvalue weighted by molar-refractivity contribution is 9.10. The van der Waals surface area contributed by atoms with Crippen LogP contribution in [0.2, 0.25) is 0 Å². The van der Waals surface area contributed by atoms with E-state index < -0.39 is 5.97 Å². The molecule has 4 heteroatoms. The number of halogens is 1. The summed E-state index contributed by atoms with van der Waals surface area (Å²) >= 11 is 5.00. The molecule has 92 valence electrons. The van der Waals surface area contributed by atoms with Crippen molar-refractivity contribution in [3.63, 3.8) is 0 Å². The Labute approximate surface area is 118 Å². The molecular formula is C14H12BrO2S+. The van der Waals surface area contributed by atoms with Gasteiger partial charge in [-0.25, -0.2) is 0 Å². The smallest absolute Gasteiger partial charge is 0.520 e. The minimum absolute atomic E-state index is 0.147. The molecule has 18 heavy (non-hydrogen) atoms. The van der Waals surface area contributed by atoms with Gasteiger partial charge < -0.3 is 5.11 Å². The van der Waals surface area contributed by atoms with Crippen molar-refractivity contribution in [3.8, 4) is 0 Å². The van der Waals surface area contributed by atoms with Gasteiger partial charge in [-0.1, -0.05) is 45.9 Å². The Kier molecular flexibility index (Phi) is 4.44. The van der Waals surface area contributed by atoms with Gasteiger partial charge in [0.2, 0.25) is 0 Å². The van der Waals surface area contributed by atoms with E-state index in [0.717, 1.165) is 19.8 Å². The quantitative estimate of drug-likeness (QED) is 0.809. The zero-order chi connectivity index (χ0) is 13.0. The Morgan fingerprint density at radius 3 is 2.56 bits per heavy atom. The average molecular weight is 324 g/mol. The Balaban J connectivity index is 2.29. The lowest BCUT2D eigenvalue weighted by Crippen LogP contribution is -2.01. The first-order valence-electron chi connectivity index (χ1n) is 5.41. The van der Waals surface area contributed by atoms with Crippen LogP contribution in [0.3, 0.4) is 0 Å². The van der Waals surface area contributed by atoms with Crippen molar-refractivity contribution in [2.45, 2.75) is 16.2 Å². The van der Waals surface area contributed by atoms with Gasteiger partial charge in [-0.05, 0) is 35.9 Å². The molecule has 0 radical (unpaired) electrons. The van der Waals surface area contributed by atoms with Gasteiger partial charge in [0, 0.05) is 19.1 Å². The van der Waals surface area contributed by atoms with Crippen molar-refractivity contribution in [2.24, 2.45) is 0 Å². The molecular weight excluding hydrogens is 312 g/mol. The van der Waals surface area contributed by atoms with Crippen molar-refractivity contribution < 1.29 is 9.90 Å². The normalized spacial score (nSPS) is 10.3. The zero-order valence-corrected chi connectivity index (χ0v) is 11.9. The molecule has 2 nitrogen and oxygen atoms in total. The zero-order valence-electron chi connectivity index (χ0n) is 9.52. The maximum absolute atomic E-state index is 11.0. The molecule has 0 heterocycles. The fraction of sp³-hybridized carbons (Fsp3) is 0.0714. The van der Waals surface area contributed by atoms with E-state index in [0.29, 0.717) is 0 Å². The van der Waals surface area contributed by atoms with E-state index in [-0.39, 0.29) is 6.42 Å². The fourth-order valence-electron chi connectivity index (χ4n) is 1.57. The van der Waals surface area contributed by atoms with Crippen LogP contribution >= 0.6 is 27.7 Å². The molecule has 0 fully saturated rings. The highest BCUT2D eigenvalue weighted by Gasteiger charge is 2.13. The van der Waals surface area contributed by atoms with E-state index in [2.05, 4.69) is 15.9 Å². The topological polar surface area (TPSA) is 40.0 Å². The van der Waals surface area contributed by atoms with Crippen molar-refractivity contribution in [1.29, 1.82) is 0 Å². The van der Waals surface area contributed by atoms with Crippen LogP contribution in [0.1, 0.15) is 5.56 Å². The predicted octanol–water partition coefficient (Wildman–Crippen LogP) is 3.39. The number of hydrogen-bond acceptors (Lipinski definition) is 2. The van der Waals surface area contributed by atoms with Crippen LogP contribution < -0.4 is 0 Å². The molecule has 0 spiro atoms. The van der Waals surface area contributed by atoms with Crippen LogP contribution in [-0.4, -0.2) is 11.1 Å². The van der Waals surface area contributed by atoms with Crippen molar-refractivity contribution >= 4 is 33.7 Å². The van der Waals surface area contributed by atoms with Gasteiger partial charge in [-0.15, -0.1) is 0 Å². The van der Waals surface area contributed by atoms with E-state index in [9.17, 15) is 4.79 Å². The molecule has 0 saturated carbocycles. The second-order valence-electron chi connectivity index (χ2n) is 3.77. The molecule has 0 unspecified atom stereocenters. The van der Waals surface area contributed by atoms with E-state index in [4.69, 9.17) is 5.11 Å². The Hall–Kier alpha value is -1.26. The van der Waals surface area contributed by atoms with E-state index >= 15 is 0 Å². The number of hydrogen-bond donors (Lipinski definition) is 0. The van der Waals surface area contributed by atoms with Crippen LogP contribution in [0.5, 0.6) is 0 Å². The molecule has 2 aromatic carbocycles. The lowest BCUT2D eigenvalue weighted by molar-refractivity contribution is -0.136. The molecule has 0 bridgehead atoms. The largest absolute Gasteiger partial charge is 0.564 e. The van der Waals surface area contributed by atoms with Crippen LogP contribution in [0.4, 0.5) is 0 Å². The predicted molar refractivity (Wildman–Crippen MR) is 77.0 cm³/mol. The molecule has 2 aromatic rings. The van der Waals surface area contributed by atoms with E-state index in [1.165, 1.54) is 0 Å². The number of carbonyl (C=O) groups excluding carboxylic acids is 1. The minimum Gasteiger partial charge on any atom is -0.564 e. The third-order valence-electron chi connectivity index (χ3n) is 2.34. The Morgan fingerprint density at radius 2 is 1.89 bits per heavy atom. The lowest BCUT2D eigenvalue weighted by atomic mass is 10.1. The molecule has 0 aromatic heterocycles. The van der Waals surface area contributed by atoms with E-state index in [1.807, 2.05) is 48.5 Å². The summed E-state index contributed by atoms with van der Waals surface area (Å²) in [6.07, 6.45) is 0.147. The number of carbonyl (C=O) groups is 1. The first-order chi connectivity index (χ1) is 8.65. The van der Waals surface area contributed by atoms with Gasteiger partial charge in [0.1, 0.15) is 6.42 Å². The average Bonchev–Trinajstić information content (AvgIpc) is 2.33. The summed E-state index contributed by atoms with van der Waals surface area (Å²) in [4.78, 5) is 13.1. The molecule has 2 rings (SSSR count). The van der Waals surface area contributed by atoms with Gasteiger partial charge >= 0.3 is 5.97 Å². The van der Waals surface area contributed by atoms with Gasteiger partial charge in [0.05, 0.1) is 0 Å². The fourth-order valence-corrected chi connectivity index (χ4v) is 2.93. The molecule has 0 aliphatic heterocycles. The molecule has 0 aliphatic carbocycles. The van der Waals surface area contributed by atoms with Crippen molar-refractivity contribution in [3.05, 3.63) is 58.6 Å². The third kappa shape index (κ3) is 3.62. The van der Waals surface area contributed by atoms with Crippen LogP contribution in [0.15, 0.2) is 62.8 Å².